The Bertz CT molecular complexity index is 1070. The molecule has 0 atom stereocenters. The molecule has 0 N–H and O–H groups in total. The van der Waals surface area contributed by atoms with E-state index in [1.165, 1.54) is 31.5 Å². The molecule has 2 aromatic carbocycles. The van der Waals surface area contributed by atoms with Gasteiger partial charge in [0.05, 0.1) is 24.0 Å². The van der Waals surface area contributed by atoms with Crippen molar-refractivity contribution in [3.63, 3.8) is 0 Å². The topological polar surface area (TPSA) is 52.4 Å². The van der Waals surface area contributed by atoms with Gasteiger partial charge in [0.2, 0.25) is 0 Å². The van der Waals surface area contributed by atoms with E-state index >= 15 is 0 Å². The molecular formula is C21H18F2N4O. The molecule has 0 aliphatic carbocycles. The van der Waals surface area contributed by atoms with E-state index in [2.05, 4.69) is 11.1 Å². The number of hydrogen-bond acceptors (Lipinski definition) is 5. The highest BCUT2D eigenvalue weighted by Gasteiger charge is 2.24. The minimum Gasteiger partial charge on any atom is -0.494 e. The average molecular weight is 380 g/mol. The molecule has 0 unspecified atom stereocenters. The van der Waals surface area contributed by atoms with Gasteiger partial charge in [0.25, 0.3) is 0 Å². The van der Waals surface area contributed by atoms with Crippen LogP contribution in [0, 0.1) is 23.0 Å². The second-order valence-electron chi connectivity index (χ2n) is 6.56. The molecule has 7 heteroatoms. The number of benzene rings is 2. The molecule has 28 heavy (non-hydrogen) atoms. The second kappa shape index (κ2) is 7.31. The second-order valence-corrected chi connectivity index (χ2v) is 6.56. The third-order valence-corrected chi connectivity index (χ3v) is 5.00. The van der Waals surface area contributed by atoms with Crippen molar-refractivity contribution in [2.75, 3.05) is 43.1 Å². The number of aromatic nitrogens is 1. The average Bonchev–Trinajstić information content (AvgIpc) is 2.72. The Morgan fingerprint density at radius 2 is 1.79 bits per heavy atom. The SMILES string of the molecule is COc1cc(F)cc2c(N3CCN(c4ccccc4F)CC3)c(C#N)cnc12. The van der Waals surface area contributed by atoms with Gasteiger partial charge in [-0.05, 0) is 18.2 Å². The van der Waals surface area contributed by atoms with E-state index in [0.29, 0.717) is 59.8 Å². The summed E-state index contributed by atoms with van der Waals surface area (Å²) in [7, 11) is 1.46. The van der Waals surface area contributed by atoms with Crippen LogP contribution in [0.15, 0.2) is 42.6 Å². The van der Waals surface area contributed by atoms with E-state index < -0.39 is 5.82 Å². The molecule has 0 saturated carbocycles. The molecule has 0 bridgehead atoms. The van der Waals surface area contributed by atoms with Crippen LogP contribution in [0.3, 0.4) is 0 Å². The van der Waals surface area contributed by atoms with E-state index in [9.17, 15) is 14.0 Å². The lowest BCUT2D eigenvalue weighted by molar-refractivity contribution is 0.415. The maximum Gasteiger partial charge on any atom is 0.148 e. The highest BCUT2D eigenvalue weighted by molar-refractivity contribution is 5.97. The molecular weight excluding hydrogens is 362 g/mol. The van der Waals surface area contributed by atoms with E-state index in [-0.39, 0.29) is 5.82 Å². The molecule has 1 aromatic heterocycles. The first-order valence-corrected chi connectivity index (χ1v) is 8.93. The number of hydrogen-bond donors (Lipinski definition) is 0. The number of piperazine rings is 1. The molecule has 3 aromatic rings. The van der Waals surface area contributed by atoms with Crippen molar-refractivity contribution in [1.82, 2.24) is 4.98 Å². The molecule has 142 valence electrons. The van der Waals surface area contributed by atoms with Crippen molar-refractivity contribution in [2.24, 2.45) is 0 Å². The highest BCUT2D eigenvalue weighted by atomic mass is 19.1. The van der Waals surface area contributed by atoms with Crippen LogP contribution in [0.25, 0.3) is 10.9 Å². The van der Waals surface area contributed by atoms with Crippen LogP contribution in [-0.4, -0.2) is 38.3 Å². The Balaban J connectivity index is 1.71. The molecule has 4 rings (SSSR count). The smallest absolute Gasteiger partial charge is 0.148 e. The summed E-state index contributed by atoms with van der Waals surface area (Å²) < 4.78 is 33.5. The molecule has 0 radical (unpaired) electrons. The first-order chi connectivity index (χ1) is 13.6. The van der Waals surface area contributed by atoms with Crippen LogP contribution >= 0.6 is 0 Å². The van der Waals surface area contributed by atoms with E-state index in [1.54, 1.807) is 12.1 Å². The van der Waals surface area contributed by atoms with Gasteiger partial charge < -0.3 is 14.5 Å². The summed E-state index contributed by atoms with van der Waals surface area (Å²) in [6.07, 6.45) is 1.49. The minimum absolute atomic E-state index is 0.255. The number of nitriles is 1. The summed E-state index contributed by atoms with van der Waals surface area (Å²) in [5.74, 6) is -0.381. The van der Waals surface area contributed by atoms with Crippen molar-refractivity contribution in [1.29, 1.82) is 5.26 Å². The molecule has 1 aliphatic heterocycles. The fourth-order valence-corrected chi connectivity index (χ4v) is 3.68. The zero-order valence-corrected chi connectivity index (χ0v) is 15.3. The molecule has 1 saturated heterocycles. The zero-order valence-electron chi connectivity index (χ0n) is 15.3. The van der Waals surface area contributed by atoms with Gasteiger partial charge in [-0.15, -0.1) is 0 Å². The Morgan fingerprint density at radius 3 is 2.46 bits per heavy atom. The number of nitrogens with zero attached hydrogens (tertiary/aromatic N) is 4. The highest BCUT2D eigenvalue weighted by Crippen LogP contribution is 2.35. The van der Waals surface area contributed by atoms with Crippen LogP contribution < -0.4 is 14.5 Å². The van der Waals surface area contributed by atoms with Gasteiger partial charge >= 0.3 is 0 Å². The first-order valence-electron chi connectivity index (χ1n) is 8.93. The van der Waals surface area contributed by atoms with Crippen molar-refractivity contribution in [3.8, 4) is 11.8 Å². The number of ether oxygens (including phenoxy) is 1. The van der Waals surface area contributed by atoms with Crippen LogP contribution in [0.5, 0.6) is 5.75 Å². The van der Waals surface area contributed by atoms with Crippen molar-refractivity contribution in [3.05, 3.63) is 59.8 Å². The normalized spacial score (nSPS) is 14.2. The molecule has 1 fully saturated rings. The van der Waals surface area contributed by atoms with Crippen LogP contribution in [0.4, 0.5) is 20.2 Å². The number of rotatable bonds is 3. The largest absolute Gasteiger partial charge is 0.494 e. The van der Waals surface area contributed by atoms with E-state index in [0.717, 1.165) is 0 Å². The fraction of sp³-hybridized carbons (Fsp3) is 0.238. The van der Waals surface area contributed by atoms with Crippen LogP contribution in [-0.2, 0) is 0 Å². The van der Waals surface area contributed by atoms with Crippen molar-refractivity contribution < 1.29 is 13.5 Å². The van der Waals surface area contributed by atoms with Crippen molar-refractivity contribution >= 4 is 22.3 Å². The zero-order chi connectivity index (χ0) is 19.7. The Hall–Kier alpha value is -3.40. The summed E-state index contributed by atoms with van der Waals surface area (Å²) in [4.78, 5) is 8.29. The Morgan fingerprint density at radius 1 is 1.07 bits per heavy atom. The molecule has 2 heterocycles. The molecule has 0 amide bonds. The predicted molar refractivity (Wildman–Crippen MR) is 104 cm³/mol. The van der Waals surface area contributed by atoms with E-state index in [4.69, 9.17) is 4.74 Å². The molecule has 5 nitrogen and oxygen atoms in total. The summed E-state index contributed by atoms with van der Waals surface area (Å²) in [6, 6.07) is 11.5. The van der Waals surface area contributed by atoms with Gasteiger partial charge in [0.15, 0.2) is 0 Å². The number of para-hydroxylation sites is 1. The van der Waals surface area contributed by atoms with Gasteiger partial charge in [-0.25, -0.2) is 8.78 Å². The summed E-state index contributed by atoms with van der Waals surface area (Å²) in [5, 5.41) is 10.1. The third-order valence-electron chi connectivity index (χ3n) is 5.00. The van der Waals surface area contributed by atoms with Gasteiger partial charge in [0.1, 0.15) is 29.0 Å². The number of pyridine rings is 1. The maximum atomic E-state index is 14.1. The quantitative estimate of drug-likeness (QED) is 0.693. The monoisotopic (exact) mass is 380 g/mol. The fourth-order valence-electron chi connectivity index (χ4n) is 3.68. The first kappa shape index (κ1) is 18.0. The van der Waals surface area contributed by atoms with Crippen LogP contribution in [0.1, 0.15) is 5.56 Å². The predicted octanol–water partition coefficient (Wildman–Crippen LogP) is 3.72. The summed E-state index contributed by atoms with van der Waals surface area (Å²) in [5.41, 5.74) is 2.09. The Kier molecular flexibility index (Phi) is 4.70. The summed E-state index contributed by atoms with van der Waals surface area (Å²) >= 11 is 0. The number of halogens is 2. The third kappa shape index (κ3) is 3.07. The minimum atomic E-state index is -0.451. The van der Waals surface area contributed by atoms with E-state index in [1.807, 2.05) is 15.9 Å². The maximum absolute atomic E-state index is 14.1. The number of anilines is 2. The number of methoxy groups -OCH3 is 1. The van der Waals surface area contributed by atoms with Gasteiger partial charge in [-0.3, -0.25) is 4.98 Å². The van der Waals surface area contributed by atoms with Gasteiger partial charge in [0, 0.05) is 43.8 Å². The standard InChI is InChI=1S/C21H18F2N4O/c1-28-19-11-15(22)10-16-20(19)25-13-14(12-24)21(16)27-8-6-26(7-9-27)18-5-3-2-4-17(18)23/h2-5,10-11,13H,6-9H2,1H3. The lowest BCUT2D eigenvalue weighted by Crippen LogP contribution is -2.47. The van der Waals surface area contributed by atoms with Gasteiger partial charge in [-0.1, -0.05) is 12.1 Å². The molecule has 0 spiro atoms. The molecule has 1 aliphatic rings. The summed E-state index contributed by atoms with van der Waals surface area (Å²) in [6.45, 7) is 2.31. The lowest BCUT2D eigenvalue weighted by atomic mass is 10.1. The van der Waals surface area contributed by atoms with Crippen molar-refractivity contribution in [2.45, 2.75) is 0 Å². The number of fused-ring (bicyclic) bond motifs is 1. The Labute approximate surface area is 161 Å². The van der Waals surface area contributed by atoms with Gasteiger partial charge in [-0.2, -0.15) is 5.26 Å². The van der Waals surface area contributed by atoms with Crippen LogP contribution in [0.2, 0.25) is 0 Å². The lowest BCUT2D eigenvalue weighted by Gasteiger charge is -2.38.